The molecular formula is C8H11I2O3-. The maximum absolute atomic E-state index is 9.53. The third-order valence-electron chi connectivity index (χ3n) is 1.87. The molecule has 5 heteroatoms. The minimum absolute atomic E-state index is 0.0757. The first-order chi connectivity index (χ1) is 5.98. The second-order valence-corrected chi connectivity index (χ2v) is 7.93. The standard InChI is InChI=1S/C8H11I2O3/c1-8(2)12-6-4(9)3-5(11)10-7(6)13-8/h3,5-7,11H,1-2H3/q-1/t5?,6-,7-/m1/s1. The molecule has 0 bridgehead atoms. The summed E-state index contributed by atoms with van der Waals surface area (Å²) in [5, 5.41) is 9.53. The van der Waals surface area contributed by atoms with Crippen molar-refractivity contribution < 1.29 is 35.8 Å². The van der Waals surface area contributed by atoms with Crippen LogP contribution in [0.4, 0.5) is 0 Å². The summed E-state index contributed by atoms with van der Waals surface area (Å²) in [6.07, 6.45) is 1.96. The molecule has 2 heterocycles. The summed E-state index contributed by atoms with van der Waals surface area (Å²) in [7, 11) is 0. The Morgan fingerprint density at radius 3 is 2.92 bits per heavy atom. The van der Waals surface area contributed by atoms with E-state index < -0.39 is 5.79 Å². The zero-order chi connectivity index (χ0) is 9.64. The van der Waals surface area contributed by atoms with Crippen molar-refractivity contribution in [1.29, 1.82) is 0 Å². The van der Waals surface area contributed by atoms with E-state index in [2.05, 4.69) is 22.6 Å². The van der Waals surface area contributed by atoms with E-state index in [-0.39, 0.29) is 35.5 Å². The van der Waals surface area contributed by atoms with Gasteiger partial charge in [0.25, 0.3) is 0 Å². The van der Waals surface area contributed by atoms with Gasteiger partial charge < -0.3 is 0 Å². The van der Waals surface area contributed by atoms with Crippen molar-refractivity contribution in [3.8, 4) is 0 Å². The van der Waals surface area contributed by atoms with Crippen LogP contribution in [0.1, 0.15) is 13.8 Å². The average molecular weight is 409 g/mol. The van der Waals surface area contributed by atoms with Crippen LogP contribution >= 0.6 is 22.6 Å². The van der Waals surface area contributed by atoms with Gasteiger partial charge in [0.1, 0.15) is 0 Å². The van der Waals surface area contributed by atoms with Gasteiger partial charge >= 0.3 is 102 Å². The first-order valence-electron chi connectivity index (χ1n) is 4.01. The molecule has 0 aliphatic carbocycles. The third-order valence-corrected chi connectivity index (χ3v) is 5.55. The molecule has 1 unspecified atom stereocenters. The summed E-state index contributed by atoms with van der Waals surface area (Å²) in [5.74, 6) is -0.483. The van der Waals surface area contributed by atoms with E-state index in [4.69, 9.17) is 9.47 Å². The van der Waals surface area contributed by atoms with Crippen LogP contribution in [0.3, 0.4) is 0 Å². The second-order valence-electron chi connectivity index (χ2n) is 3.46. The van der Waals surface area contributed by atoms with Crippen molar-refractivity contribution in [3.05, 3.63) is 9.66 Å². The summed E-state index contributed by atoms with van der Waals surface area (Å²) in [4.78, 5) is 0. The fourth-order valence-electron chi connectivity index (χ4n) is 1.38. The van der Waals surface area contributed by atoms with E-state index in [0.717, 1.165) is 3.58 Å². The Morgan fingerprint density at radius 2 is 2.23 bits per heavy atom. The Balaban J connectivity index is 2.20. The molecule has 1 N–H and O–H groups in total. The van der Waals surface area contributed by atoms with Gasteiger partial charge in [-0.25, -0.2) is 0 Å². The maximum atomic E-state index is 9.53. The fourth-order valence-corrected chi connectivity index (χ4v) is 6.55. The molecule has 2 aliphatic rings. The van der Waals surface area contributed by atoms with Crippen LogP contribution in [0.5, 0.6) is 0 Å². The van der Waals surface area contributed by atoms with E-state index in [9.17, 15) is 5.11 Å². The van der Waals surface area contributed by atoms with Crippen molar-refractivity contribution in [2.75, 3.05) is 0 Å². The normalized spacial score (nSPS) is 43.4. The number of aliphatic hydroxyl groups excluding tert-OH is 1. The summed E-state index contributed by atoms with van der Waals surface area (Å²) in [6.45, 7) is 3.84. The molecule has 2 rings (SSSR count). The van der Waals surface area contributed by atoms with Crippen LogP contribution in [0.15, 0.2) is 9.66 Å². The first kappa shape index (κ1) is 10.6. The van der Waals surface area contributed by atoms with E-state index in [1.165, 1.54) is 0 Å². The number of alkyl halides is 2. The third kappa shape index (κ3) is 2.19. The zero-order valence-electron chi connectivity index (χ0n) is 7.33. The molecular weight excluding hydrogens is 398 g/mol. The Kier molecular flexibility index (Phi) is 2.92. The van der Waals surface area contributed by atoms with Crippen molar-refractivity contribution >= 4 is 22.6 Å². The average Bonchev–Trinajstić information content (AvgIpc) is 2.23. The summed E-state index contributed by atoms with van der Waals surface area (Å²) >= 11 is 1.87. The molecule has 3 atom stereocenters. The van der Waals surface area contributed by atoms with Crippen molar-refractivity contribution in [2.45, 2.75) is 34.0 Å². The number of aliphatic hydroxyl groups is 1. The molecule has 0 saturated carbocycles. The van der Waals surface area contributed by atoms with Gasteiger partial charge in [-0.1, -0.05) is 0 Å². The number of ether oxygens (including phenoxy) is 2. The molecule has 13 heavy (non-hydrogen) atoms. The van der Waals surface area contributed by atoms with Gasteiger partial charge in [-0.05, 0) is 0 Å². The summed E-state index contributed by atoms with van der Waals surface area (Å²) < 4.78 is 12.4. The van der Waals surface area contributed by atoms with Crippen LogP contribution in [-0.2, 0) is 9.47 Å². The molecule has 0 aromatic carbocycles. The molecule has 0 amide bonds. The van der Waals surface area contributed by atoms with Gasteiger partial charge in [0.05, 0.1) is 0 Å². The first-order valence-corrected chi connectivity index (χ1v) is 7.58. The summed E-state index contributed by atoms with van der Waals surface area (Å²) in [6, 6.07) is 0. The Morgan fingerprint density at radius 1 is 1.54 bits per heavy atom. The molecule has 1 fully saturated rings. The topological polar surface area (TPSA) is 38.7 Å². The van der Waals surface area contributed by atoms with E-state index in [1.54, 1.807) is 0 Å². The minimum atomic E-state index is -0.483. The molecule has 1 saturated heterocycles. The Hall–Kier alpha value is 1.08. The summed E-state index contributed by atoms with van der Waals surface area (Å²) in [5.41, 5.74) is 0. The molecule has 2 aliphatic heterocycles. The molecule has 76 valence electrons. The monoisotopic (exact) mass is 409 g/mol. The number of hydrogen-bond donors (Lipinski definition) is 1. The second kappa shape index (κ2) is 3.58. The molecule has 3 nitrogen and oxygen atoms in total. The van der Waals surface area contributed by atoms with Gasteiger partial charge in [-0.3, -0.25) is 0 Å². The number of halogens is 2. The van der Waals surface area contributed by atoms with E-state index in [0.29, 0.717) is 0 Å². The van der Waals surface area contributed by atoms with E-state index in [1.807, 2.05) is 19.9 Å². The quantitative estimate of drug-likeness (QED) is 0.380. The molecule has 0 radical (unpaired) electrons. The van der Waals surface area contributed by atoms with Crippen LogP contribution < -0.4 is 21.2 Å². The molecule has 0 spiro atoms. The van der Waals surface area contributed by atoms with Gasteiger partial charge in [0, 0.05) is 0 Å². The predicted molar refractivity (Wildman–Crippen MR) is 51.9 cm³/mol. The fraction of sp³-hybridized carbons (Fsp3) is 0.750. The predicted octanol–water partition coefficient (Wildman–Crippen LogP) is -1.80. The van der Waals surface area contributed by atoms with Crippen LogP contribution in [-0.4, -0.2) is 25.2 Å². The van der Waals surface area contributed by atoms with Gasteiger partial charge in [-0.2, -0.15) is 0 Å². The molecule has 0 aromatic rings. The zero-order valence-corrected chi connectivity index (χ0v) is 11.6. The van der Waals surface area contributed by atoms with Crippen molar-refractivity contribution in [3.63, 3.8) is 0 Å². The SMILES string of the molecule is CC1(C)O[C@@H]2C(I)=CC(O)[I-][C@@H]2O1. The van der Waals surface area contributed by atoms with Crippen LogP contribution in [0, 0.1) is 0 Å². The van der Waals surface area contributed by atoms with E-state index >= 15 is 0 Å². The number of hydrogen-bond acceptors (Lipinski definition) is 3. The number of fused-ring (bicyclic) bond motifs is 1. The molecule has 0 aromatic heterocycles. The van der Waals surface area contributed by atoms with Gasteiger partial charge in [0.2, 0.25) is 0 Å². The Bertz CT molecular complexity index is 252. The van der Waals surface area contributed by atoms with Crippen molar-refractivity contribution in [1.82, 2.24) is 0 Å². The van der Waals surface area contributed by atoms with Gasteiger partial charge in [0.15, 0.2) is 0 Å². The number of rotatable bonds is 0. The van der Waals surface area contributed by atoms with Crippen LogP contribution in [0.2, 0.25) is 0 Å². The Labute approximate surface area is 101 Å². The van der Waals surface area contributed by atoms with Crippen LogP contribution in [0.25, 0.3) is 0 Å². The van der Waals surface area contributed by atoms with Crippen molar-refractivity contribution in [2.24, 2.45) is 0 Å². The van der Waals surface area contributed by atoms with Gasteiger partial charge in [-0.15, -0.1) is 0 Å².